The number of hydrogen-bond acceptors (Lipinski definition) is 2. The largest absolute Gasteiger partial charge is 0.416 e. The lowest BCUT2D eigenvalue weighted by atomic mass is 10.0. The predicted octanol–water partition coefficient (Wildman–Crippen LogP) is 3.53. The van der Waals surface area contributed by atoms with Crippen LogP contribution in [0.3, 0.4) is 0 Å². The molecule has 118 valence electrons. The van der Waals surface area contributed by atoms with E-state index in [2.05, 4.69) is 24.1 Å². The Bertz CT molecular complexity index is 440. The second-order valence-electron chi connectivity index (χ2n) is 6.21. The Hall–Kier alpha value is -1.07. The molecule has 0 amide bonds. The van der Waals surface area contributed by atoms with E-state index in [1.54, 1.807) is 12.1 Å². The highest BCUT2D eigenvalue weighted by atomic mass is 19.4. The normalized spacial score (nSPS) is 21.0. The summed E-state index contributed by atoms with van der Waals surface area (Å²) in [5.41, 5.74) is 0.359. The van der Waals surface area contributed by atoms with E-state index >= 15 is 0 Å². The van der Waals surface area contributed by atoms with Gasteiger partial charge in [0, 0.05) is 32.2 Å². The van der Waals surface area contributed by atoms with Crippen molar-refractivity contribution in [3.8, 4) is 0 Å². The minimum Gasteiger partial charge on any atom is -0.311 e. The quantitative estimate of drug-likeness (QED) is 0.915. The molecule has 0 aliphatic carbocycles. The van der Waals surface area contributed by atoms with Crippen LogP contribution in [0.2, 0.25) is 0 Å². The van der Waals surface area contributed by atoms with Crippen molar-refractivity contribution in [1.29, 1.82) is 0 Å². The lowest BCUT2D eigenvalue weighted by molar-refractivity contribution is -0.137. The van der Waals surface area contributed by atoms with Gasteiger partial charge in [0.2, 0.25) is 0 Å². The van der Waals surface area contributed by atoms with E-state index in [1.165, 1.54) is 12.1 Å². The molecule has 0 saturated carbocycles. The number of nitrogens with zero attached hydrogens (tertiary/aromatic N) is 1. The standard InChI is InChI=1S/C16H23F3N2/c1-12(2)9-15-11-21(8-7-20-15)10-13-3-5-14(6-4-13)16(17,18)19/h3-6,12,15,20H,7-11H2,1-2H3. The van der Waals surface area contributed by atoms with Gasteiger partial charge in [-0.05, 0) is 30.0 Å². The van der Waals surface area contributed by atoms with E-state index in [0.717, 1.165) is 31.6 Å². The van der Waals surface area contributed by atoms with Crippen LogP contribution in [0.1, 0.15) is 31.4 Å². The highest BCUT2D eigenvalue weighted by Gasteiger charge is 2.30. The number of halogens is 3. The summed E-state index contributed by atoms with van der Waals surface area (Å²) in [7, 11) is 0. The molecule has 1 unspecified atom stereocenters. The maximum Gasteiger partial charge on any atom is 0.416 e. The van der Waals surface area contributed by atoms with Gasteiger partial charge in [0.15, 0.2) is 0 Å². The van der Waals surface area contributed by atoms with Crippen LogP contribution in [0.15, 0.2) is 24.3 Å². The van der Waals surface area contributed by atoms with Crippen molar-refractivity contribution in [2.24, 2.45) is 5.92 Å². The molecule has 2 nitrogen and oxygen atoms in total. The molecule has 0 radical (unpaired) electrons. The first-order valence-electron chi connectivity index (χ1n) is 7.46. The highest BCUT2D eigenvalue weighted by molar-refractivity contribution is 5.24. The van der Waals surface area contributed by atoms with Gasteiger partial charge in [0.05, 0.1) is 5.56 Å². The molecule has 21 heavy (non-hydrogen) atoms. The molecule has 5 heteroatoms. The van der Waals surface area contributed by atoms with Crippen molar-refractivity contribution in [1.82, 2.24) is 10.2 Å². The minimum absolute atomic E-state index is 0.480. The van der Waals surface area contributed by atoms with Crippen molar-refractivity contribution in [3.05, 3.63) is 35.4 Å². The average molecular weight is 300 g/mol. The fraction of sp³-hybridized carbons (Fsp3) is 0.625. The molecule has 1 fully saturated rings. The highest BCUT2D eigenvalue weighted by Crippen LogP contribution is 2.29. The summed E-state index contributed by atoms with van der Waals surface area (Å²) in [6, 6.07) is 5.99. The van der Waals surface area contributed by atoms with Crippen LogP contribution in [0.25, 0.3) is 0 Å². The summed E-state index contributed by atoms with van der Waals surface area (Å²) in [6.45, 7) is 7.97. The summed E-state index contributed by atoms with van der Waals surface area (Å²) < 4.78 is 37.6. The third kappa shape index (κ3) is 5.00. The summed E-state index contributed by atoms with van der Waals surface area (Å²) >= 11 is 0. The first-order valence-corrected chi connectivity index (χ1v) is 7.46. The van der Waals surface area contributed by atoms with Crippen molar-refractivity contribution >= 4 is 0 Å². The van der Waals surface area contributed by atoms with Crippen LogP contribution in [-0.4, -0.2) is 30.6 Å². The number of nitrogens with one attached hydrogen (secondary N) is 1. The molecule has 1 atom stereocenters. The van der Waals surface area contributed by atoms with E-state index in [0.29, 0.717) is 18.5 Å². The molecule has 0 aromatic heterocycles. The molecular weight excluding hydrogens is 277 g/mol. The lowest BCUT2D eigenvalue weighted by Gasteiger charge is -2.34. The molecule has 1 saturated heterocycles. The topological polar surface area (TPSA) is 15.3 Å². The van der Waals surface area contributed by atoms with Crippen LogP contribution in [0.4, 0.5) is 13.2 Å². The number of hydrogen-bond donors (Lipinski definition) is 1. The van der Waals surface area contributed by atoms with Gasteiger partial charge in [0.25, 0.3) is 0 Å². The summed E-state index contributed by atoms with van der Waals surface area (Å²) in [6.07, 6.45) is -3.13. The molecule has 1 aliphatic rings. The van der Waals surface area contributed by atoms with Gasteiger partial charge >= 0.3 is 6.18 Å². The third-order valence-electron chi connectivity index (χ3n) is 3.78. The van der Waals surface area contributed by atoms with Gasteiger partial charge in [-0.15, -0.1) is 0 Å². The van der Waals surface area contributed by atoms with Crippen molar-refractivity contribution in [3.63, 3.8) is 0 Å². The molecule has 1 heterocycles. The van der Waals surface area contributed by atoms with Crippen LogP contribution >= 0.6 is 0 Å². The van der Waals surface area contributed by atoms with E-state index in [9.17, 15) is 13.2 Å². The smallest absolute Gasteiger partial charge is 0.311 e. The molecule has 2 rings (SSSR count). The summed E-state index contributed by atoms with van der Waals surface area (Å²) in [5, 5.41) is 3.50. The number of rotatable bonds is 4. The molecule has 1 N–H and O–H groups in total. The Balaban J connectivity index is 1.92. The lowest BCUT2D eigenvalue weighted by Crippen LogP contribution is -2.50. The van der Waals surface area contributed by atoms with Crippen LogP contribution in [0.5, 0.6) is 0 Å². The predicted molar refractivity (Wildman–Crippen MR) is 78.0 cm³/mol. The van der Waals surface area contributed by atoms with E-state index in [1.807, 2.05) is 0 Å². The Morgan fingerprint density at radius 3 is 2.48 bits per heavy atom. The maximum atomic E-state index is 12.5. The zero-order valence-electron chi connectivity index (χ0n) is 12.6. The van der Waals surface area contributed by atoms with E-state index in [-0.39, 0.29) is 0 Å². The van der Waals surface area contributed by atoms with Gasteiger partial charge in [-0.3, -0.25) is 4.90 Å². The van der Waals surface area contributed by atoms with Crippen LogP contribution in [-0.2, 0) is 12.7 Å². The van der Waals surface area contributed by atoms with Gasteiger partial charge in [0.1, 0.15) is 0 Å². The monoisotopic (exact) mass is 300 g/mol. The molecule has 1 aromatic rings. The van der Waals surface area contributed by atoms with Crippen molar-refractivity contribution in [2.45, 2.75) is 39.0 Å². The number of alkyl halides is 3. The second-order valence-corrected chi connectivity index (χ2v) is 6.21. The zero-order valence-corrected chi connectivity index (χ0v) is 12.6. The Morgan fingerprint density at radius 1 is 1.24 bits per heavy atom. The fourth-order valence-corrected chi connectivity index (χ4v) is 2.82. The summed E-state index contributed by atoms with van der Waals surface area (Å²) in [4.78, 5) is 2.31. The maximum absolute atomic E-state index is 12.5. The van der Waals surface area contributed by atoms with Crippen LogP contribution in [0, 0.1) is 5.92 Å². The zero-order chi connectivity index (χ0) is 15.5. The van der Waals surface area contributed by atoms with Crippen LogP contribution < -0.4 is 5.32 Å². The van der Waals surface area contributed by atoms with Gasteiger partial charge in [-0.2, -0.15) is 13.2 Å². The van der Waals surface area contributed by atoms with E-state index < -0.39 is 11.7 Å². The summed E-state index contributed by atoms with van der Waals surface area (Å²) in [5.74, 6) is 0.647. The first-order chi connectivity index (χ1) is 9.84. The van der Waals surface area contributed by atoms with E-state index in [4.69, 9.17) is 0 Å². The third-order valence-corrected chi connectivity index (χ3v) is 3.78. The Kier molecular flexibility index (Phi) is 5.27. The Morgan fingerprint density at radius 2 is 1.90 bits per heavy atom. The number of benzene rings is 1. The first kappa shape index (κ1) is 16.3. The van der Waals surface area contributed by atoms with Crippen molar-refractivity contribution in [2.75, 3.05) is 19.6 Å². The molecule has 0 bridgehead atoms. The molecule has 0 spiro atoms. The van der Waals surface area contributed by atoms with Gasteiger partial charge < -0.3 is 5.32 Å². The minimum atomic E-state index is -4.25. The average Bonchev–Trinajstić information content (AvgIpc) is 2.38. The fourth-order valence-electron chi connectivity index (χ4n) is 2.82. The van der Waals surface area contributed by atoms with Gasteiger partial charge in [-0.1, -0.05) is 26.0 Å². The van der Waals surface area contributed by atoms with Gasteiger partial charge in [-0.25, -0.2) is 0 Å². The SMILES string of the molecule is CC(C)CC1CN(Cc2ccc(C(F)(F)F)cc2)CCN1. The Labute approximate surface area is 124 Å². The molecule has 1 aromatic carbocycles. The van der Waals surface area contributed by atoms with Crippen molar-refractivity contribution < 1.29 is 13.2 Å². The number of piperazine rings is 1. The second kappa shape index (κ2) is 6.79. The molecular formula is C16H23F3N2. The molecule has 1 aliphatic heterocycles.